The third-order valence-electron chi connectivity index (χ3n) is 22.7. The third kappa shape index (κ3) is 25.5. The normalized spacial score (nSPS) is 11.2. The number of fused-ring (bicyclic) bond motifs is 6. The Balaban J connectivity index is 0.000000132. The number of benzene rings is 14. The summed E-state index contributed by atoms with van der Waals surface area (Å²) in [7, 11) is -4.04. The fraction of sp³-hybridized carbons (Fsp3) is 0.0804. The third-order valence-corrected chi connectivity index (χ3v) is 24.7. The number of alkyl halides is 6. The number of para-hydroxylation sites is 4. The molecule has 34 heteroatoms. The zero-order valence-corrected chi connectivity index (χ0v) is 78.2. The van der Waals surface area contributed by atoms with Gasteiger partial charge in [0.2, 0.25) is 0 Å². The van der Waals surface area contributed by atoms with Crippen LogP contribution in [0.3, 0.4) is 0 Å². The lowest BCUT2D eigenvalue weighted by Crippen LogP contribution is -2.18. The molecule has 14 aromatic carbocycles. The number of carboxylic acid groups (broad SMARTS) is 6. The number of aromatic carboxylic acids is 6. The van der Waals surface area contributed by atoms with E-state index in [0.717, 1.165) is 95.3 Å². The minimum Gasteiger partial charge on any atom is -0.489 e. The Hall–Kier alpha value is -18.4. The Morgan fingerprint density at radius 3 is 1.01 bits per heavy atom. The maximum Gasteiger partial charge on any atom is 0.573 e. The van der Waals surface area contributed by atoms with E-state index in [1.54, 1.807) is 103 Å². The SMILES string of the molecule is O=C(O)c1cc2cc(OCc3ccccc3)ccc2n1-c1ccc(OC(F)(F)F)cc1.O=C(O)c1cc2cc(OCc3ccccc3)ccc2n1CCc1ccccc1.O=C(O)c1cc2ccccc2n1-c1ccc(OC(F)(F)F)cc1.O=C(O)c1cc2ccccc2n1C(=O)OCc1ccccc1.O=C(O)c1cc2ccccc2n1CCc1ccccc1.O=C(O)c1cc2ccccc2n1S(=O)(=O)c1ccc(Cl)cc1. The van der Waals surface area contributed by atoms with E-state index in [9.17, 15) is 99.0 Å². The molecule has 0 fully saturated rings. The highest BCUT2D eigenvalue weighted by atomic mass is 35.5. The first-order valence-electron chi connectivity index (χ1n) is 44.6. The lowest BCUT2D eigenvalue weighted by molar-refractivity contribution is -0.275. The summed E-state index contributed by atoms with van der Waals surface area (Å²) in [6.07, 6.45) is -8.68. The first-order chi connectivity index (χ1) is 70.2. The number of aromatic nitrogens is 6. The molecule has 146 heavy (non-hydrogen) atoms. The van der Waals surface area contributed by atoms with Crippen LogP contribution in [-0.2, 0) is 60.5 Å². The molecule has 0 radical (unpaired) electrons. The summed E-state index contributed by atoms with van der Waals surface area (Å²) in [6, 6.07) is 113. The number of hydrogen-bond acceptors (Lipinski definition) is 14. The molecule has 0 saturated heterocycles. The van der Waals surface area contributed by atoms with Crippen LogP contribution in [0.5, 0.6) is 23.0 Å². The van der Waals surface area contributed by atoms with Crippen molar-refractivity contribution in [3.63, 3.8) is 0 Å². The van der Waals surface area contributed by atoms with E-state index in [1.807, 2.05) is 179 Å². The Labute approximate surface area is 832 Å². The van der Waals surface area contributed by atoms with Crippen molar-refractivity contribution < 1.29 is 123 Å². The van der Waals surface area contributed by atoms with E-state index in [2.05, 4.69) is 33.7 Å². The zero-order valence-electron chi connectivity index (χ0n) is 76.6. The van der Waals surface area contributed by atoms with Gasteiger partial charge in [-0.2, -0.15) is 0 Å². The van der Waals surface area contributed by atoms with Gasteiger partial charge in [-0.05, 0) is 211 Å². The molecule has 0 amide bonds. The fourth-order valence-electron chi connectivity index (χ4n) is 16.1. The summed E-state index contributed by atoms with van der Waals surface area (Å²) in [4.78, 5) is 81.4. The highest BCUT2D eigenvalue weighted by Crippen LogP contribution is 2.36. The van der Waals surface area contributed by atoms with Crippen molar-refractivity contribution in [1.29, 1.82) is 0 Å². The van der Waals surface area contributed by atoms with Crippen molar-refractivity contribution in [1.82, 2.24) is 26.8 Å². The molecular formula is C112H85ClF6N6O20S. The Morgan fingerprint density at radius 1 is 0.288 bits per heavy atom. The second-order valence-corrected chi connectivity index (χ2v) is 34.6. The lowest BCUT2D eigenvalue weighted by Gasteiger charge is -2.12. The quantitative estimate of drug-likeness (QED) is 0.0274. The summed E-state index contributed by atoms with van der Waals surface area (Å²) >= 11 is 5.77. The summed E-state index contributed by atoms with van der Waals surface area (Å²) in [5.74, 6) is -6.04. The smallest absolute Gasteiger partial charge is 0.489 e. The number of carbonyl (C=O) groups excluding carboxylic acids is 1. The summed E-state index contributed by atoms with van der Waals surface area (Å²) < 4.78 is 133. The Bertz CT molecular complexity index is 8210. The van der Waals surface area contributed by atoms with Gasteiger partial charge in [0, 0.05) is 72.8 Å². The highest BCUT2D eigenvalue weighted by molar-refractivity contribution is 7.90. The van der Waals surface area contributed by atoms with Crippen molar-refractivity contribution in [3.05, 3.63) is 461 Å². The molecule has 0 bridgehead atoms. The van der Waals surface area contributed by atoms with Crippen LogP contribution in [0.2, 0.25) is 5.02 Å². The maximum atomic E-state index is 12.8. The highest BCUT2D eigenvalue weighted by Gasteiger charge is 2.33. The molecule has 0 atom stereocenters. The zero-order chi connectivity index (χ0) is 103. The van der Waals surface area contributed by atoms with Gasteiger partial charge in [-0.1, -0.05) is 236 Å². The van der Waals surface area contributed by atoms with Gasteiger partial charge in [0.15, 0.2) is 0 Å². The van der Waals surface area contributed by atoms with E-state index in [0.29, 0.717) is 98.1 Å². The molecule has 0 aliphatic heterocycles. The topological polar surface area (TPSA) is 351 Å². The molecule has 0 unspecified atom stereocenters. The van der Waals surface area contributed by atoms with Crippen molar-refractivity contribution in [2.45, 2.75) is 63.4 Å². The van der Waals surface area contributed by atoms with E-state index >= 15 is 0 Å². The maximum absolute atomic E-state index is 12.8. The van der Waals surface area contributed by atoms with E-state index in [1.165, 1.54) is 93.1 Å². The van der Waals surface area contributed by atoms with Crippen LogP contribution in [0.4, 0.5) is 31.1 Å². The molecule has 20 rings (SSSR count). The van der Waals surface area contributed by atoms with Gasteiger partial charge in [-0.15, -0.1) is 26.3 Å². The van der Waals surface area contributed by atoms with Crippen molar-refractivity contribution in [3.8, 4) is 34.4 Å². The van der Waals surface area contributed by atoms with Gasteiger partial charge in [-0.3, -0.25) is 0 Å². The van der Waals surface area contributed by atoms with Gasteiger partial charge >= 0.3 is 54.6 Å². The molecular weight excluding hydrogens is 1930 g/mol. The van der Waals surface area contributed by atoms with Crippen LogP contribution < -0.4 is 18.9 Å². The standard InChI is InChI=1S/C24H21NO3.C23H16F3NO4.C17H13NO4.C17H15NO2.C16H10F3NO3.C15H10ClNO4S/c26-24(27)23-16-20-15-21(28-17-19-9-5-2-6-10-19)11-12-22(20)25(23)14-13-18-7-3-1-4-8-18;24-23(25,26)31-18-8-6-17(7-9-18)27-20-11-10-19(12-16(20)13-21(27)22(28)29)30-14-15-4-2-1-3-5-15;19-16(20)15-10-13-8-4-5-9-14(13)18(15)17(21)22-11-12-6-2-1-3-7-12;19-17(20)16-12-14-8-4-5-9-15(14)18(16)11-10-13-6-2-1-3-7-13;17-16(18,19)23-12-7-5-11(6-8-12)20-13-4-2-1-3-10(13)9-14(20)15(21)22;16-11-5-7-12(8-6-11)22(20,21)17-13-4-2-1-3-10(13)9-14(17)15(18)19/h1-12,15-16H,13-14,17H2,(H,26,27);1-13H,14H2,(H,28,29);1-10H,11H2,(H,19,20);1-9,12H,10-11H2,(H,19,20);1-9H,(H,21,22);1-9H,(H,18,19). The first-order valence-corrected chi connectivity index (χ1v) is 46.4. The first kappa shape index (κ1) is 102. The number of hydrogen-bond donors (Lipinski definition) is 6. The predicted molar refractivity (Wildman–Crippen MR) is 537 cm³/mol. The van der Waals surface area contributed by atoms with Crippen LogP contribution >= 0.6 is 11.6 Å². The number of ether oxygens (including phenoxy) is 5. The second-order valence-electron chi connectivity index (χ2n) is 32.4. The number of carbonyl (C=O) groups is 7. The van der Waals surface area contributed by atoms with Crippen molar-refractivity contribution in [2.75, 3.05) is 0 Å². The molecule has 6 heterocycles. The molecule has 738 valence electrons. The van der Waals surface area contributed by atoms with E-state index in [4.69, 9.17) is 25.8 Å². The molecule has 0 aliphatic rings. The van der Waals surface area contributed by atoms with Gasteiger partial charge in [0.1, 0.15) is 77.0 Å². The molecule has 0 aliphatic carbocycles. The van der Waals surface area contributed by atoms with Crippen LogP contribution in [0.25, 0.3) is 76.8 Å². The van der Waals surface area contributed by atoms with E-state index in [-0.39, 0.29) is 45.8 Å². The Kier molecular flexibility index (Phi) is 32.1. The molecule has 6 N–H and O–H groups in total. The Morgan fingerprint density at radius 2 is 0.589 bits per heavy atom. The molecule has 0 saturated carbocycles. The minimum absolute atomic E-state index is 0.0238. The minimum atomic E-state index is -4.80. The molecule has 20 aromatic rings. The summed E-state index contributed by atoms with van der Waals surface area (Å²) in [5.41, 5.74) is 10.3. The largest absolute Gasteiger partial charge is 0.573 e. The summed E-state index contributed by atoms with van der Waals surface area (Å²) in [6.45, 7) is 2.20. The number of rotatable bonds is 26. The van der Waals surface area contributed by atoms with Crippen LogP contribution in [0, 0.1) is 0 Å². The average molecular weight is 2020 g/mol. The van der Waals surface area contributed by atoms with Gasteiger partial charge < -0.3 is 72.6 Å². The molecule has 26 nitrogen and oxygen atoms in total. The van der Waals surface area contributed by atoms with Crippen LogP contribution in [-0.4, -0.2) is 120 Å². The van der Waals surface area contributed by atoms with Gasteiger partial charge in [0.05, 0.1) is 27.0 Å². The number of halogens is 7. The monoisotopic (exact) mass is 2010 g/mol. The fourth-order valence-corrected chi connectivity index (χ4v) is 17.7. The molecule has 6 aromatic heterocycles. The number of aryl methyl sites for hydroxylation is 4. The second kappa shape index (κ2) is 45.9. The van der Waals surface area contributed by atoms with Crippen molar-refractivity contribution in [2.24, 2.45) is 0 Å². The molecule has 0 spiro atoms. The summed E-state index contributed by atoms with van der Waals surface area (Å²) in [5, 5.41) is 61.3. The van der Waals surface area contributed by atoms with Crippen LogP contribution in [0.1, 0.15) is 90.7 Å². The average Bonchev–Trinajstić information content (AvgIpc) is 1.59. The van der Waals surface area contributed by atoms with E-state index < -0.39 is 64.7 Å². The number of nitrogens with zero attached hydrogens (tertiary/aromatic N) is 6. The van der Waals surface area contributed by atoms with Gasteiger partial charge in [0.25, 0.3) is 10.0 Å². The number of carboxylic acids is 6. The van der Waals surface area contributed by atoms with Crippen molar-refractivity contribution >= 4 is 129 Å². The lowest BCUT2D eigenvalue weighted by atomic mass is 10.1. The van der Waals surface area contributed by atoms with Crippen LogP contribution in [0.15, 0.2) is 399 Å². The predicted octanol–water partition coefficient (Wildman–Crippen LogP) is 25.5. The van der Waals surface area contributed by atoms with Gasteiger partial charge in [-0.25, -0.2) is 50.5 Å².